The highest BCUT2D eigenvalue weighted by atomic mass is 35.5. The van der Waals surface area contributed by atoms with Crippen molar-refractivity contribution >= 4 is 23.3 Å². The Morgan fingerprint density at radius 3 is 2.67 bits per heavy atom. The van der Waals surface area contributed by atoms with Gasteiger partial charge >= 0.3 is 12.1 Å². The maximum absolute atomic E-state index is 14.8. The molecule has 1 aromatic heterocycles. The fourth-order valence-corrected chi connectivity index (χ4v) is 3.73. The smallest absolute Gasteiger partial charge is 0.417 e. The first-order valence-electron chi connectivity index (χ1n) is 9.57. The lowest BCUT2D eigenvalue weighted by atomic mass is 9.97. The van der Waals surface area contributed by atoms with Gasteiger partial charge in [0, 0.05) is 11.1 Å². The monoisotopic (exact) mass is 482 g/mol. The minimum atomic E-state index is -4.78. The van der Waals surface area contributed by atoms with Gasteiger partial charge in [0.25, 0.3) is 5.82 Å². The van der Waals surface area contributed by atoms with Crippen molar-refractivity contribution in [1.29, 1.82) is 0 Å². The van der Waals surface area contributed by atoms with Gasteiger partial charge in [0.05, 0.1) is 42.2 Å². The number of ether oxygens (including phenoxy) is 2. The number of carbonyl (C=O) groups excluding carboxylic acids is 1. The third-order valence-electron chi connectivity index (χ3n) is 4.83. The molecule has 0 saturated carbocycles. The zero-order chi connectivity index (χ0) is 23.9. The molecule has 0 fully saturated rings. The standard InChI is InChI=1S/C21H15ClF4N4O3/c1-3-33-20(31)19-28-15-9-27-18(11-8-10(32-2)4-6-13(11)23)16-14(30(15)29-19)7-5-12(17(16)22)21(24,25)26/h4-8H,3,9H2,1-2H3. The highest BCUT2D eigenvalue weighted by molar-refractivity contribution is 6.37. The van der Waals surface area contributed by atoms with Crippen molar-refractivity contribution in [1.82, 2.24) is 14.8 Å². The average Bonchev–Trinajstić information content (AvgIpc) is 3.12. The van der Waals surface area contributed by atoms with Gasteiger partial charge in [-0.15, -0.1) is 5.10 Å². The second kappa shape index (κ2) is 8.47. The molecule has 1 aliphatic heterocycles. The number of aromatic nitrogens is 3. The summed E-state index contributed by atoms with van der Waals surface area (Å²) in [7, 11) is 1.37. The van der Waals surface area contributed by atoms with Crippen molar-refractivity contribution in [2.24, 2.45) is 4.99 Å². The van der Waals surface area contributed by atoms with E-state index in [9.17, 15) is 22.4 Å². The van der Waals surface area contributed by atoms with Crippen LogP contribution in [-0.2, 0) is 17.5 Å². The van der Waals surface area contributed by atoms with Crippen molar-refractivity contribution in [3.8, 4) is 11.4 Å². The van der Waals surface area contributed by atoms with E-state index < -0.39 is 28.5 Å². The van der Waals surface area contributed by atoms with E-state index in [0.29, 0.717) is 0 Å². The first kappa shape index (κ1) is 22.7. The summed E-state index contributed by atoms with van der Waals surface area (Å²) in [5.74, 6) is -1.44. The van der Waals surface area contributed by atoms with E-state index in [2.05, 4.69) is 15.1 Å². The van der Waals surface area contributed by atoms with E-state index in [0.717, 1.165) is 22.9 Å². The number of nitrogens with zero attached hydrogens (tertiary/aromatic N) is 4. The Bertz CT molecular complexity index is 1290. The van der Waals surface area contributed by atoms with Crippen LogP contribution in [0.2, 0.25) is 5.02 Å². The van der Waals surface area contributed by atoms with Crippen LogP contribution >= 0.6 is 11.6 Å². The summed E-state index contributed by atoms with van der Waals surface area (Å²) >= 11 is 6.23. The van der Waals surface area contributed by atoms with Gasteiger partial charge in [-0.2, -0.15) is 13.2 Å². The highest BCUT2D eigenvalue weighted by Gasteiger charge is 2.37. The van der Waals surface area contributed by atoms with Crippen molar-refractivity contribution in [3.05, 3.63) is 69.5 Å². The molecule has 2 aromatic carbocycles. The number of carbonyl (C=O) groups is 1. The number of esters is 1. The molecule has 172 valence electrons. The van der Waals surface area contributed by atoms with Gasteiger partial charge in [-0.3, -0.25) is 4.99 Å². The lowest BCUT2D eigenvalue weighted by Gasteiger charge is -2.17. The Kier molecular flexibility index (Phi) is 5.83. The van der Waals surface area contributed by atoms with Gasteiger partial charge < -0.3 is 9.47 Å². The Morgan fingerprint density at radius 2 is 2.00 bits per heavy atom. The SMILES string of the molecule is CCOC(=O)c1nc2n(n1)-c1ccc(C(F)(F)F)c(Cl)c1C(c1cc(OC)ccc1F)=NC2. The summed E-state index contributed by atoms with van der Waals surface area (Å²) in [6.07, 6.45) is -4.78. The van der Waals surface area contributed by atoms with Crippen molar-refractivity contribution < 1.29 is 31.8 Å². The fraction of sp³-hybridized carbons (Fsp3) is 0.238. The molecule has 0 unspecified atom stereocenters. The van der Waals surface area contributed by atoms with Crippen LogP contribution in [0.5, 0.6) is 5.75 Å². The first-order chi connectivity index (χ1) is 15.7. The molecule has 33 heavy (non-hydrogen) atoms. The average molecular weight is 483 g/mol. The number of benzene rings is 2. The van der Waals surface area contributed by atoms with Crippen molar-refractivity contribution in [2.45, 2.75) is 19.6 Å². The number of rotatable bonds is 4. The van der Waals surface area contributed by atoms with Crippen LogP contribution in [0.4, 0.5) is 17.6 Å². The normalized spacial score (nSPS) is 13.0. The molecule has 0 bridgehead atoms. The maximum Gasteiger partial charge on any atom is 0.417 e. The Hall–Kier alpha value is -3.47. The summed E-state index contributed by atoms with van der Waals surface area (Å²) in [6, 6.07) is 5.68. The van der Waals surface area contributed by atoms with E-state index >= 15 is 0 Å². The van der Waals surface area contributed by atoms with E-state index in [1.807, 2.05) is 0 Å². The van der Waals surface area contributed by atoms with Crippen LogP contribution in [0.3, 0.4) is 0 Å². The Morgan fingerprint density at radius 1 is 1.24 bits per heavy atom. The molecule has 0 aliphatic carbocycles. The molecular weight excluding hydrogens is 468 g/mol. The number of aliphatic imine (C=N–C) groups is 1. The van der Waals surface area contributed by atoms with Crippen LogP contribution < -0.4 is 4.74 Å². The van der Waals surface area contributed by atoms with Crippen molar-refractivity contribution in [2.75, 3.05) is 13.7 Å². The highest BCUT2D eigenvalue weighted by Crippen LogP contribution is 2.40. The molecule has 0 atom stereocenters. The zero-order valence-corrected chi connectivity index (χ0v) is 18.0. The molecule has 3 aromatic rings. The van der Waals surface area contributed by atoms with Crippen LogP contribution in [-0.4, -0.2) is 40.2 Å². The van der Waals surface area contributed by atoms with E-state index in [1.54, 1.807) is 6.92 Å². The summed E-state index contributed by atoms with van der Waals surface area (Å²) in [4.78, 5) is 20.5. The number of methoxy groups -OCH3 is 1. The molecule has 0 radical (unpaired) electrons. The lowest BCUT2D eigenvalue weighted by Crippen LogP contribution is -2.15. The quantitative estimate of drug-likeness (QED) is 0.401. The van der Waals surface area contributed by atoms with Crippen LogP contribution in [0.1, 0.15) is 40.1 Å². The van der Waals surface area contributed by atoms with Gasteiger partial charge in [0.15, 0.2) is 5.82 Å². The lowest BCUT2D eigenvalue weighted by molar-refractivity contribution is -0.137. The van der Waals surface area contributed by atoms with Gasteiger partial charge in [0.1, 0.15) is 11.6 Å². The molecule has 4 rings (SSSR count). The van der Waals surface area contributed by atoms with E-state index in [-0.39, 0.29) is 53.1 Å². The van der Waals surface area contributed by atoms with Crippen LogP contribution in [0, 0.1) is 5.82 Å². The molecule has 0 saturated heterocycles. The molecule has 2 heterocycles. The van der Waals surface area contributed by atoms with Gasteiger partial charge in [0.2, 0.25) is 0 Å². The third kappa shape index (κ3) is 4.04. The van der Waals surface area contributed by atoms with Crippen LogP contribution in [0.15, 0.2) is 35.3 Å². The van der Waals surface area contributed by atoms with E-state index in [1.165, 1.54) is 19.2 Å². The van der Waals surface area contributed by atoms with Gasteiger partial charge in [-0.1, -0.05) is 11.6 Å². The van der Waals surface area contributed by atoms with Gasteiger partial charge in [-0.05, 0) is 37.3 Å². The third-order valence-corrected chi connectivity index (χ3v) is 5.22. The molecule has 0 spiro atoms. The topological polar surface area (TPSA) is 78.6 Å². The Balaban J connectivity index is 2.00. The minimum absolute atomic E-state index is 0.0459. The second-order valence-corrected chi connectivity index (χ2v) is 7.19. The summed E-state index contributed by atoms with van der Waals surface area (Å²) in [6.45, 7) is 1.47. The number of alkyl halides is 3. The number of halogens is 5. The number of fused-ring (bicyclic) bond motifs is 3. The van der Waals surface area contributed by atoms with Crippen molar-refractivity contribution in [3.63, 3.8) is 0 Å². The predicted octanol–water partition coefficient (Wildman–Crippen LogP) is 4.61. The molecule has 0 N–H and O–H groups in total. The van der Waals surface area contributed by atoms with Gasteiger partial charge in [-0.25, -0.2) is 18.9 Å². The minimum Gasteiger partial charge on any atom is -0.497 e. The summed E-state index contributed by atoms with van der Waals surface area (Å²) in [5.41, 5.74) is -1.55. The molecule has 7 nitrogen and oxygen atoms in total. The molecule has 12 heteroatoms. The van der Waals surface area contributed by atoms with E-state index in [4.69, 9.17) is 21.1 Å². The van der Waals surface area contributed by atoms with Crippen LogP contribution in [0.25, 0.3) is 5.69 Å². The number of hydrogen-bond donors (Lipinski definition) is 0. The fourth-order valence-electron chi connectivity index (χ4n) is 3.37. The number of hydrogen-bond acceptors (Lipinski definition) is 6. The molecule has 0 amide bonds. The summed E-state index contributed by atoms with van der Waals surface area (Å²) < 4.78 is 66.8. The largest absolute Gasteiger partial charge is 0.497 e. The first-order valence-corrected chi connectivity index (χ1v) is 9.95. The second-order valence-electron chi connectivity index (χ2n) is 6.81. The Labute approximate surface area is 189 Å². The zero-order valence-electron chi connectivity index (χ0n) is 17.2. The predicted molar refractivity (Wildman–Crippen MR) is 110 cm³/mol. The molecular formula is C21H15ClF4N4O3. The summed E-state index contributed by atoms with van der Waals surface area (Å²) in [5, 5.41) is 3.39. The molecule has 1 aliphatic rings. The maximum atomic E-state index is 14.8.